The van der Waals surface area contributed by atoms with Crippen LogP contribution in [-0.4, -0.2) is 21.5 Å². The highest BCUT2D eigenvalue weighted by Crippen LogP contribution is 2.67. The number of alkyl halides is 6. The molecule has 0 aliphatic heterocycles. The third kappa shape index (κ3) is 7.27. The summed E-state index contributed by atoms with van der Waals surface area (Å²) in [5, 5.41) is 1.09. The van der Waals surface area contributed by atoms with Crippen LogP contribution in [0.15, 0.2) is 73.8 Å². The van der Waals surface area contributed by atoms with E-state index in [0.717, 1.165) is 49.0 Å². The molecular weight excluding hydrogens is 723 g/mol. The molecule has 0 N–H and O–H groups in total. The minimum Gasteiger partial charge on any atom is -0.202 e. The third-order valence-electron chi connectivity index (χ3n) is 8.74. The lowest BCUT2D eigenvalue weighted by Gasteiger charge is -2.56. The predicted octanol–water partition coefficient (Wildman–Crippen LogP) is 12.4. The monoisotopic (exact) mass is 754 g/mol. The van der Waals surface area contributed by atoms with Gasteiger partial charge in [-0.3, -0.25) is 0 Å². The highest BCUT2D eigenvalue weighted by atomic mass is 79.9. The molecule has 0 heterocycles. The Bertz CT molecular complexity index is 1120. The van der Waals surface area contributed by atoms with Crippen molar-refractivity contribution in [2.24, 2.45) is 11.8 Å². The Hall–Kier alpha value is -0.470. The zero-order valence-electron chi connectivity index (χ0n) is 22.6. The zero-order valence-corrected chi connectivity index (χ0v) is 28.1. The molecule has 2 aromatic carbocycles. The van der Waals surface area contributed by atoms with Gasteiger partial charge in [0.2, 0.25) is 0 Å². The Morgan fingerprint density at radius 1 is 0.732 bits per heavy atom. The van der Waals surface area contributed by atoms with E-state index in [4.69, 9.17) is 23.2 Å². The van der Waals surface area contributed by atoms with Crippen molar-refractivity contribution in [1.29, 1.82) is 0 Å². The van der Waals surface area contributed by atoms with Crippen LogP contribution in [0.3, 0.4) is 0 Å². The maximum atomic E-state index is 15.2. The normalized spacial score (nSPS) is 31.0. The van der Waals surface area contributed by atoms with Gasteiger partial charge in [-0.25, -0.2) is 17.6 Å². The molecule has 2 aliphatic carbocycles. The van der Waals surface area contributed by atoms with Crippen molar-refractivity contribution in [2.75, 3.05) is 0 Å². The van der Waals surface area contributed by atoms with Crippen LogP contribution in [0.5, 0.6) is 0 Å². The quantitative estimate of drug-likeness (QED) is 0.132. The third-order valence-corrected chi connectivity index (χ3v) is 13.6. The van der Waals surface area contributed by atoms with E-state index in [1.807, 2.05) is 24.3 Å². The number of rotatable bonds is 10. The summed E-state index contributed by atoms with van der Waals surface area (Å²) in [6, 6.07) is 14.8. The Balaban J connectivity index is 1.99. The summed E-state index contributed by atoms with van der Waals surface area (Å²) in [6.07, 6.45) is 4.91. The minimum absolute atomic E-state index is 0.205. The topological polar surface area (TPSA) is 0 Å². The standard InChI is InChI=1S/C32H34Br2Cl2F4S/c1-3-29(37,38)19-25-27(33)7-5-17-31(25,21-9-13-23(35)14-10-21)41-32(22-11-15-24(36)16-12-22)18-6-8-28(34)26(32)20-30(39,40)4-2/h3-4,9-16,25-28H,1-2,5-8,17-20H2. The lowest BCUT2D eigenvalue weighted by molar-refractivity contribution is 0.0125. The average molecular weight is 757 g/mol. The summed E-state index contributed by atoms with van der Waals surface area (Å²) in [5.41, 5.74) is 1.75. The molecule has 2 saturated carbocycles. The van der Waals surface area contributed by atoms with Crippen LogP contribution in [0.4, 0.5) is 17.6 Å². The Morgan fingerprint density at radius 3 is 1.39 bits per heavy atom. The second-order valence-electron chi connectivity index (χ2n) is 11.3. The molecule has 2 aromatic rings. The Morgan fingerprint density at radius 2 is 1.07 bits per heavy atom. The molecule has 0 nitrogen and oxygen atoms in total. The highest BCUT2D eigenvalue weighted by Gasteiger charge is 2.58. The number of allylic oxidation sites excluding steroid dienone is 2. The molecule has 224 valence electrons. The molecule has 4 rings (SSSR count). The van der Waals surface area contributed by atoms with E-state index >= 15 is 17.6 Å². The van der Waals surface area contributed by atoms with Gasteiger partial charge in [0, 0.05) is 42.0 Å². The summed E-state index contributed by atoms with van der Waals surface area (Å²) in [5.74, 6) is -7.23. The van der Waals surface area contributed by atoms with Crippen LogP contribution in [0.2, 0.25) is 10.0 Å². The molecule has 6 unspecified atom stereocenters. The van der Waals surface area contributed by atoms with Crippen LogP contribution < -0.4 is 0 Å². The van der Waals surface area contributed by atoms with Gasteiger partial charge < -0.3 is 0 Å². The fraction of sp³-hybridized carbons (Fsp3) is 0.500. The van der Waals surface area contributed by atoms with Crippen LogP contribution in [-0.2, 0) is 9.49 Å². The van der Waals surface area contributed by atoms with Gasteiger partial charge in [0.25, 0.3) is 11.8 Å². The molecule has 0 saturated heterocycles. The summed E-state index contributed by atoms with van der Waals surface area (Å²) < 4.78 is 59.1. The van der Waals surface area contributed by atoms with Crippen molar-refractivity contribution < 1.29 is 17.6 Å². The molecule has 2 fully saturated rings. The fourth-order valence-corrected chi connectivity index (χ4v) is 11.7. The van der Waals surface area contributed by atoms with Crippen molar-refractivity contribution >= 4 is 66.8 Å². The van der Waals surface area contributed by atoms with Gasteiger partial charge in [-0.05, 0) is 85.1 Å². The zero-order chi connectivity index (χ0) is 30.1. The van der Waals surface area contributed by atoms with E-state index in [2.05, 4.69) is 45.0 Å². The molecule has 9 heteroatoms. The van der Waals surface area contributed by atoms with Gasteiger partial charge in [0.1, 0.15) is 0 Å². The summed E-state index contributed by atoms with van der Waals surface area (Å²) in [7, 11) is 0. The fourth-order valence-electron chi connectivity index (χ4n) is 6.69. The molecule has 2 aliphatic rings. The van der Waals surface area contributed by atoms with Gasteiger partial charge in [-0.15, -0.1) is 11.8 Å². The van der Waals surface area contributed by atoms with Gasteiger partial charge in [0.15, 0.2) is 0 Å². The second-order valence-corrected chi connectivity index (χ2v) is 16.1. The largest absolute Gasteiger partial charge is 0.266 e. The van der Waals surface area contributed by atoms with Gasteiger partial charge in [0.05, 0.1) is 0 Å². The first-order valence-electron chi connectivity index (χ1n) is 13.8. The van der Waals surface area contributed by atoms with Gasteiger partial charge in [-0.1, -0.05) is 105 Å². The van der Waals surface area contributed by atoms with Gasteiger partial charge >= 0.3 is 0 Å². The molecule has 0 spiro atoms. The average Bonchev–Trinajstić information content (AvgIpc) is 2.93. The minimum atomic E-state index is -3.10. The molecule has 6 atom stereocenters. The second kappa shape index (κ2) is 13.3. The van der Waals surface area contributed by atoms with Crippen molar-refractivity contribution in [3.63, 3.8) is 0 Å². The van der Waals surface area contributed by atoms with E-state index in [0.29, 0.717) is 22.9 Å². The van der Waals surface area contributed by atoms with E-state index in [1.165, 1.54) is 0 Å². The van der Waals surface area contributed by atoms with Crippen LogP contribution in [0.25, 0.3) is 0 Å². The molecule has 0 radical (unpaired) electrons. The molecular formula is C32H34Br2Cl2F4S. The first-order chi connectivity index (χ1) is 19.3. The maximum absolute atomic E-state index is 15.2. The van der Waals surface area contributed by atoms with E-state index < -0.39 is 46.0 Å². The van der Waals surface area contributed by atoms with Crippen molar-refractivity contribution in [3.05, 3.63) is 95.0 Å². The summed E-state index contributed by atoms with van der Waals surface area (Å²) >= 11 is 21.8. The number of halogens is 8. The van der Waals surface area contributed by atoms with E-state index in [9.17, 15) is 0 Å². The van der Waals surface area contributed by atoms with E-state index in [-0.39, 0.29) is 9.65 Å². The van der Waals surface area contributed by atoms with Crippen LogP contribution in [0, 0.1) is 11.8 Å². The first kappa shape index (κ1) is 33.4. The lowest BCUT2D eigenvalue weighted by Crippen LogP contribution is -2.50. The summed E-state index contributed by atoms with van der Waals surface area (Å²) in [6.45, 7) is 6.82. The maximum Gasteiger partial charge on any atom is 0.266 e. The highest BCUT2D eigenvalue weighted by molar-refractivity contribution is 9.09. The molecule has 0 aromatic heterocycles. The number of hydrogen-bond acceptors (Lipinski definition) is 1. The smallest absolute Gasteiger partial charge is 0.202 e. The lowest BCUT2D eigenvalue weighted by atomic mass is 9.71. The van der Waals surface area contributed by atoms with Crippen LogP contribution >= 0.6 is 66.8 Å². The van der Waals surface area contributed by atoms with Gasteiger partial charge in [-0.2, -0.15) is 0 Å². The molecule has 41 heavy (non-hydrogen) atoms. The summed E-state index contributed by atoms with van der Waals surface area (Å²) in [4.78, 5) is -0.409. The first-order valence-corrected chi connectivity index (χ1v) is 17.2. The Kier molecular flexibility index (Phi) is 10.8. The van der Waals surface area contributed by atoms with Crippen molar-refractivity contribution in [2.45, 2.75) is 82.4 Å². The number of benzene rings is 2. The SMILES string of the molecule is C=CC(F)(F)CC1C(Br)CCCC1(SC1(c2ccc(Cl)cc2)CCCC(Br)C1CC(F)(F)C=C)c1ccc(Cl)cc1. The molecule has 0 bridgehead atoms. The van der Waals surface area contributed by atoms with E-state index in [1.54, 1.807) is 36.0 Å². The molecule has 0 amide bonds. The number of hydrogen-bond donors (Lipinski definition) is 0. The van der Waals surface area contributed by atoms with Crippen molar-refractivity contribution in [1.82, 2.24) is 0 Å². The van der Waals surface area contributed by atoms with Crippen LogP contribution in [0.1, 0.15) is 62.5 Å². The Labute approximate surface area is 272 Å². The predicted molar refractivity (Wildman–Crippen MR) is 173 cm³/mol. The van der Waals surface area contributed by atoms with Crippen molar-refractivity contribution in [3.8, 4) is 0 Å². The number of thioether (sulfide) groups is 1.